The molecule has 4 N–H and O–H groups in total. The molecular formula is C9H16N2O3. The third-order valence-electron chi connectivity index (χ3n) is 2.57. The Bertz CT molecular complexity index is 248. The van der Waals surface area contributed by atoms with Crippen molar-refractivity contribution in [2.45, 2.75) is 31.7 Å². The van der Waals surface area contributed by atoms with Gasteiger partial charge in [0, 0.05) is 5.92 Å². The third-order valence-corrected chi connectivity index (χ3v) is 2.57. The van der Waals surface area contributed by atoms with Crippen LogP contribution in [0.3, 0.4) is 0 Å². The Kier molecular flexibility index (Phi) is 3.10. The number of rotatable bonds is 5. The molecular weight excluding hydrogens is 184 g/mol. The minimum absolute atomic E-state index is 0.211. The van der Waals surface area contributed by atoms with Crippen LogP contribution in [0.25, 0.3) is 0 Å². The van der Waals surface area contributed by atoms with E-state index in [1.165, 1.54) is 0 Å². The maximum absolute atomic E-state index is 11.5. The molecule has 0 radical (unpaired) electrons. The first-order valence-electron chi connectivity index (χ1n) is 4.77. The first kappa shape index (κ1) is 11.0. The summed E-state index contributed by atoms with van der Waals surface area (Å²) in [5.74, 6) is -1.36. The molecule has 1 rings (SSSR count). The number of nitrogens with two attached hydrogens (primary N) is 1. The standard InChI is InChI=1S/C9H16N2O3/c1-6(2-5-10)7(12)11-9(3-4-9)8(13)14/h6H,2-5,10H2,1H3,(H,11,12)(H,13,14). The van der Waals surface area contributed by atoms with Gasteiger partial charge < -0.3 is 16.2 Å². The molecule has 0 aromatic rings. The van der Waals surface area contributed by atoms with E-state index in [9.17, 15) is 9.59 Å². The number of hydrogen-bond donors (Lipinski definition) is 3. The van der Waals surface area contributed by atoms with Crippen molar-refractivity contribution >= 4 is 11.9 Å². The summed E-state index contributed by atoms with van der Waals surface area (Å²) < 4.78 is 0. The summed E-state index contributed by atoms with van der Waals surface area (Å²) in [7, 11) is 0. The Morgan fingerprint density at radius 2 is 2.14 bits per heavy atom. The van der Waals surface area contributed by atoms with Crippen LogP contribution < -0.4 is 11.1 Å². The Morgan fingerprint density at radius 1 is 1.57 bits per heavy atom. The Morgan fingerprint density at radius 3 is 2.50 bits per heavy atom. The number of carbonyl (C=O) groups excluding carboxylic acids is 1. The molecule has 1 amide bonds. The lowest BCUT2D eigenvalue weighted by Gasteiger charge is -2.16. The molecule has 1 aliphatic carbocycles. The van der Waals surface area contributed by atoms with Crippen molar-refractivity contribution in [2.75, 3.05) is 6.54 Å². The van der Waals surface area contributed by atoms with E-state index in [1.54, 1.807) is 6.92 Å². The van der Waals surface area contributed by atoms with Crippen molar-refractivity contribution in [2.24, 2.45) is 11.7 Å². The van der Waals surface area contributed by atoms with Crippen LogP contribution in [0, 0.1) is 5.92 Å². The third kappa shape index (κ3) is 2.23. The maximum atomic E-state index is 11.5. The van der Waals surface area contributed by atoms with Crippen molar-refractivity contribution < 1.29 is 14.7 Å². The van der Waals surface area contributed by atoms with Crippen molar-refractivity contribution in [3.05, 3.63) is 0 Å². The molecule has 0 spiro atoms. The van der Waals surface area contributed by atoms with Crippen molar-refractivity contribution in [1.29, 1.82) is 0 Å². The average molecular weight is 200 g/mol. The quantitative estimate of drug-likeness (QED) is 0.568. The highest BCUT2D eigenvalue weighted by atomic mass is 16.4. The van der Waals surface area contributed by atoms with Gasteiger partial charge in [0.25, 0.3) is 0 Å². The lowest BCUT2D eigenvalue weighted by molar-refractivity contribution is -0.143. The number of carboxylic acid groups (broad SMARTS) is 1. The second-order valence-electron chi connectivity index (χ2n) is 3.85. The SMILES string of the molecule is CC(CCN)C(=O)NC1(C(=O)O)CC1. The second kappa shape index (κ2) is 3.96. The van der Waals surface area contributed by atoms with Gasteiger partial charge in [0.1, 0.15) is 5.54 Å². The van der Waals surface area contributed by atoms with E-state index in [0.717, 1.165) is 0 Å². The van der Waals surface area contributed by atoms with Gasteiger partial charge in [-0.05, 0) is 25.8 Å². The molecule has 1 aliphatic rings. The van der Waals surface area contributed by atoms with E-state index in [-0.39, 0.29) is 11.8 Å². The molecule has 80 valence electrons. The topological polar surface area (TPSA) is 92.4 Å². The van der Waals surface area contributed by atoms with Crippen molar-refractivity contribution in [1.82, 2.24) is 5.32 Å². The summed E-state index contributed by atoms with van der Waals surface area (Å²) in [4.78, 5) is 22.2. The van der Waals surface area contributed by atoms with Crippen LogP contribution >= 0.6 is 0 Å². The Hall–Kier alpha value is -1.10. The van der Waals surface area contributed by atoms with Crippen LogP contribution in [-0.2, 0) is 9.59 Å². The van der Waals surface area contributed by atoms with Gasteiger partial charge in [-0.25, -0.2) is 4.79 Å². The molecule has 1 saturated carbocycles. The van der Waals surface area contributed by atoms with E-state index in [0.29, 0.717) is 25.8 Å². The molecule has 14 heavy (non-hydrogen) atoms. The van der Waals surface area contributed by atoms with Gasteiger partial charge in [-0.2, -0.15) is 0 Å². The van der Waals surface area contributed by atoms with Gasteiger partial charge in [0.2, 0.25) is 5.91 Å². The Balaban J connectivity index is 2.44. The molecule has 5 nitrogen and oxygen atoms in total. The van der Waals surface area contributed by atoms with E-state index in [1.807, 2.05) is 0 Å². The zero-order valence-electron chi connectivity index (χ0n) is 8.25. The van der Waals surface area contributed by atoms with Crippen LogP contribution in [-0.4, -0.2) is 29.1 Å². The summed E-state index contributed by atoms with van der Waals surface area (Å²) in [5.41, 5.74) is 4.34. The number of carbonyl (C=O) groups is 2. The molecule has 0 bridgehead atoms. The minimum Gasteiger partial charge on any atom is -0.480 e. The Labute approximate surface area is 82.7 Å². The van der Waals surface area contributed by atoms with Gasteiger partial charge in [-0.1, -0.05) is 6.92 Å². The van der Waals surface area contributed by atoms with E-state index < -0.39 is 11.5 Å². The normalized spacial score (nSPS) is 19.9. The van der Waals surface area contributed by atoms with Crippen molar-refractivity contribution in [3.63, 3.8) is 0 Å². The maximum Gasteiger partial charge on any atom is 0.329 e. The van der Waals surface area contributed by atoms with Crippen LogP contribution in [0.15, 0.2) is 0 Å². The number of aliphatic carboxylic acids is 1. The molecule has 1 unspecified atom stereocenters. The number of hydrogen-bond acceptors (Lipinski definition) is 3. The lowest BCUT2D eigenvalue weighted by atomic mass is 10.1. The van der Waals surface area contributed by atoms with Crippen LogP contribution in [0.1, 0.15) is 26.2 Å². The van der Waals surface area contributed by atoms with E-state index >= 15 is 0 Å². The van der Waals surface area contributed by atoms with Gasteiger partial charge in [0.05, 0.1) is 0 Å². The zero-order chi connectivity index (χ0) is 10.8. The summed E-state index contributed by atoms with van der Waals surface area (Å²) >= 11 is 0. The number of amides is 1. The zero-order valence-corrected chi connectivity index (χ0v) is 8.25. The first-order chi connectivity index (χ1) is 6.52. The van der Waals surface area contributed by atoms with Gasteiger partial charge in [-0.3, -0.25) is 4.79 Å². The lowest BCUT2D eigenvalue weighted by Crippen LogP contribution is -2.45. The van der Waals surface area contributed by atoms with Gasteiger partial charge in [-0.15, -0.1) is 0 Å². The van der Waals surface area contributed by atoms with E-state index in [2.05, 4.69) is 5.32 Å². The molecule has 1 atom stereocenters. The van der Waals surface area contributed by atoms with Gasteiger partial charge >= 0.3 is 5.97 Å². The van der Waals surface area contributed by atoms with Gasteiger partial charge in [0.15, 0.2) is 0 Å². The molecule has 1 fully saturated rings. The first-order valence-corrected chi connectivity index (χ1v) is 4.77. The number of carboxylic acids is 1. The fourth-order valence-corrected chi connectivity index (χ4v) is 1.26. The molecule has 0 saturated heterocycles. The fraction of sp³-hybridized carbons (Fsp3) is 0.778. The monoisotopic (exact) mass is 200 g/mol. The van der Waals surface area contributed by atoms with Crippen LogP contribution in [0.5, 0.6) is 0 Å². The molecule has 5 heteroatoms. The van der Waals surface area contributed by atoms with Crippen LogP contribution in [0.2, 0.25) is 0 Å². The summed E-state index contributed by atoms with van der Waals surface area (Å²) in [6.07, 6.45) is 1.65. The molecule has 0 aromatic heterocycles. The fourth-order valence-electron chi connectivity index (χ4n) is 1.26. The highest BCUT2D eigenvalue weighted by molar-refractivity contribution is 5.90. The summed E-state index contributed by atoms with van der Waals surface area (Å²) in [6.45, 7) is 2.19. The molecule has 0 aliphatic heterocycles. The smallest absolute Gasteiger partial charge is 0.329 e. The molecule has 0 aromatic carbocycles. The van der Waals surface area contributed by atoms with E-state index in [4.69, 9.17) is 10.8 Å². The predicted molar refractivity (Wildman–Crippen MR) is 50.6 cm³/mol. The minimum atomic E-state index is -0.972. The summed E-state index contributed by atoms with van der Waals surface area (Å²) in [6, 6.07) is 0. The largest absolute Gasteiger partial charge is 0.480 e. The highest BCUT2D eigenvalue weighted by Gasteiger charge is 2.51. The predicted octanol–water partition coefficient (Wildman–Crippen LogP) is -0.295. The molecule has 0 heterocycles. The second-order valence-corrected chi connectivity index (χ2v) is 3.85. The van der Waals surface area contributed by atoms with Crippen molar-refractivity contribution in [3.8, 4) is 0 Å². The average Bonchev–Trinajstić information content (AvgIpc) is 2.86. The number of nitrogens with one attached hydrogen (secondary N) is 1. The van der Waals surface area contributed by atoms with Crippen LogP contribution in [0.4, 0.5) is 0 Å². The highest BCUT2D eigenvalue weighted by Crippen LogP contribution is 2.35. The summed E-state index contributed by atoms with van der Waals surface area (Å²) in [5, 5.41) is 11.4.